The van der Waals surface area contributed by atoms with Gasteiger partial charge in [-0.15, -0.1) is 11.3 Å². The average Bonchev–Trinajstić information content (AvgIpc) is 2.94. The molecule has 3 rings (SSSR count). The monoisotopic (exact) mass is 244 g/mol. The fraction of sp³-hybridized carbons (Fsp3) is 0.167. The Morgan fingerprint density at radius 3 is 3.12 bits per heavy atom. The lowest BCUT2D eigenvalue weighted by atomic mass is 10.4. The summed E-state index contributed by atoms with van der Waals surface area (Å²) in [6.45, 7) is 2.81. The summed E-state index contributed by atoms with van der Waals surface area (Å²) in [7, 11) is 0. The van der Waals surface area contributed by atoms with Crippen molar-refractivity contribution in [3.05, 3.63) is 46.7 Å². The number of anilines is 1. The van der Waals surface area contributed by atoms with E-state index in [1.807, 2.05) is 35.0 Å². The molecule has 0 amide bonds. The number of pyridine rings is 1. The number of rotatable bonds is 3. The third-order valence-electron chi connectivity index (χ3n) is 2.52. The maximum absolute atomic E-state index is 4.33. The van der Waals surface area contributed by atoms with Crippen molar-refractivity contribution in [1.82, 2.24) is 14.4 Å². The highest BCUT2D eigenvalue weighted by molar-refractivity contribution is 7.11. The van der Waals surface area contributed by atoms with E-state index in [9.17, 15) is 0 Å². The molecule has 0 aromatic carbocycles. The third-order valence-corrected chi connectivity index (χ3v) is 3.43. The number of hydrogen-bond donors (Lipinski definition) is 1. The zero-order chi connectivity index (χ0) is 11.7. The summed E-state index contributed by atoms with van der Waals surface area (Å²) < 4.78 is 2.03. The van der Waals surface area contributed by atoms with E-state index >= 15 is 0 Å². The van der Waals surface area contributed by atoms with E-state index < -0.39 is 0 Å². The van der Waals surface area contributed by atoms with Gasteiger partial charge >= 0.3 is 0 Å². The molecule has 0 bridgehead atoms. The number of hydrogen-bond acceptors (Lipinski definition) is 4. The number of fused-ring (bicyclic) bond motifs is 1. The second-order valence-corrected chi connectivity index (χ2v) is 5.10. The number of thiazole rings is 1. The van der Waals surface area contributed by atoms with Gasteiger partial charge in [0.15, 0.2) is 0 Å². The van der Waals surface area contributed by atoms with Crippen LogP contribution in [0, 0.1) is 6.92 Å². The van der Waals surface area contributed by atoms with Crippen LogP contribution in [-0.2, 0) is 6.54 Å². The largest absolute Gasteiger partial charge is 0.365 e. The molecule has 3 aromatic heterocycles. The zero-order valence-corrected chi connectivity index (χ0v) is 10.2. The standard InChI is InChI=1S/C12H12N4S/c1-9-7-15-12(17-9)8-14-11-4-2-3-10-13-5-6-16(10)11/h2-7,14H,8H2,1H3. The Kier molecular flexibility index (Phi) is 2.53. The highest BCUT2D eigenvalue weighted by Crippen LogP contribution is 2.15. The smallest absolute Gasteiger partial charge is 0.138 e. The zero-order valence-electron chi connectivity index (χ0n) is 9.42. The van der Waals surface area contributed by atoms with Crippen molar-refractivity contribution >= 4 is 22.8 Å². The van der Waals surface area contributed by atoms with Gasteiger partial charge < -0.3 is 5.32 Å². The summed E-state index contributed by atoms with van der Waals surface area (Å²) in [6.07, 6.45) is 5.65. The molecule has 3 aromatic rings. The van der Waals surface area contributed by atoms with Crippen LogP contribution in [0.15, 0.2) is 36.8 Å². The molecule has 0 atom stereocenters. The van der Waals surface area contributed by atoms with E-state index in [-0.39, 0.29) is 0 Å². The molecule has 5 heteroatoms. The van der Waals surface area contributed by atoms with Gasteiger partial charge in [0.1, 0.15) is 16.5 Å². The van der Waals surface area contributed by atoms with Crippen molar-refractivity contribution in [3.63, 3.8) is 0 Å². The molecule has 0 unspecified atom stereocenters. The molecule has 86 valence electrons. The lowest BCUT2D eigenvalue weighted by Gasteiger charge is -2.06. The molecule has 0 aliphatic carbocycles. The van der Waals surface area contributed by atoms with E-state index in [1.165, 1.54) is 4.88 Å². The van der Waals surface area contributed by atoms with Gasteiger partial charge in [0.2, 0.25) is 0 Å². The van der Waals surface area contributed by atoms with Gasteiger partial charge in [-0.25, -0.2) is 9.97 Å². The van der Waals surface area contributed by atoms with Crippen LogP contribution in [0.5, 0.6) is 0 Å². The summed E-state index contributed by atoms with van der Waals surface area (Å²) in [5.74, 6) is 1.04. The molecule has 0 aliphatic heterocycles. The van der Waals surface area contributed by atoms with Crippen molar-refractivity contribution in [2.45, 2.75) is 13.5 Å². The Morgan fingerprint density at radius 1 is 1.35 bits per heavy atom. The first-order valence-corrected chi connectivity index (χ1v) is 6.22. The normalized spacial score (nSPS) is 10.9. The Balaban J connectivity index is 1.83. The van der Waals surface area contributed by atoms with Gasteiger partial charge in [0.25, 0.3) is 0 Å². The van der Waals surface area contributed by atoms with E-state index in [2.05, 4.69) is 22.2 Å². The minimum Gasteiger partial charge on any atom is -0.365 e. The number of aromatic nitrogens is 3. The Morgan fingerprint density at radius 2 is 2.29 bits per heavy atom. The van der Waals surface area contributed by atoms with E-state index in [0.717, 1.165) is 23.0 Å². The SMILES string of the molecule is Cc1cnc(CNc2cccc3nccn23)s1. The van der Waals surface area contributed by atoms with Gasteiger partial charge in [-0.05, 0) is 19.1 Å². The van der Waals surface area contributed by atoms with Crippen molar-refractivity contribution in [2.75, 3.05) is 5.32 Å². The van der Waals surface area contributed by atoms with Gasteiger partial charge in [0.05, 0.1) is 6.54 Å². The molecule has 17 heavy (non-hydrogen) atoms. The summed E-state index contributed by atoms with van der Waals surface area (Å²) in [6, 6.07) is 6.02. The van der Waals surface area contributed by atoms with E-state index in [0.29, 0.717) is 0 Å². The summed E-state index contributed by atoms with van der Waals surface area (Å²) in [4.78, 5) is 9.82. The summed E-state index contributed by atoms with van der Waals surface area (Å²) in [5, 5.41) is 4.47. The average molecular weight is 244 g/mol. The van der Waals surface area contributed by atoms with Crippen molar-refractivity contribution in [2.24, 2.45) is 0 Å². The first-order chi connectivity index (χ1) is 8.33. The van der Waals surface area contributed by atoms with Crippen LogP contribution in [0.3, 0.4) is 0 Å². The van der Waals surface area contributed by atoms with Gasteiger partial charge in [0, 0.05) is 23.5 Å². The summed E-state index contributed by atoms with van der Waals surface area (Å²) >= 11 is 1.72. The van der Waals surface area contributed by atoms with Crippen LogP contribution in [0.4, 0.5) is 5.82 Å². The molecule has 0 radical (unpaired) electrons. The second kappa shape index (κ2) is 4.18. The number of nitrogens with one attached hydrogen (secondary N) is 1. The predicted octanol–water partition coefficient (Wildman–Crippen LogP) is 2.71. The van der Waals surface area contributed by atoms with Crippen molar-refractivity contribution < 1.29 is 0 Å². The minimum atomic E-state index is 0.746. The maximum Gasteiger partial charge on any atom is 0.138 e. The van der Waals surface area contributed by atoms with Gasteiger partial charge in [-0.1, -0.05) is 6.07 Å². The lowest BCUT2D eigenvalue weighted by Crippen LogP contribution is -2.03. The fourth-order valence-electron chi connectivity index (χ4n) is 1.74. The van der Waals surface area contributed by atoms with Crippen LogP contribution < -0.4 is 5.32 Å². The molecule has 3 heterocycles. The molecule has 0 fully saturated rings. The number of nitrogens with zero attached hydrogens (tertiary/aromatic N) is 3. The number of aryl methyl sites for hydroxylation is 1. The quantitative estimate of drug-likeness (QED) is 0.770. The fourth-order valence-corrected chi connectivity index (χ4v) is 2.47. The number of imidazole rings is 1. The Hall–Kier alpha value is -1.88. The Labute approximate surface area is 103 Å². The van der Waals surface area contributed by atoms with Crippen LogP contribution >= 0.6 is 11.3 Å². The van der Waals surface area contributed by atoms with Crippen molar-refractivity contribution in [3.8, 4) is 0 Å². The molecule has 0 aliphatic rings. The van der Waals surface area contributed by atoms with Crippen LogP contribution in [0.1, 0.15) is 9.88 Å². The van der Waals surface area contributed by atoms with Crippen LogP contribution in [0.2, 0.25) is 0 Å². The topological polar surface area (TPSA) is 42.2 Å². The van der Waals surface area contributed by atoms with E-state index in [4.69, 9.17) is 0 Å². The highest BCUT2D eigenvalue weighted by atomic mass is 32.1. The second-order valence-electron chi connectivity index (χ2n) is 3.78. The van der Waals surface area contributed by atoms with Gasteiger partial charge in [-0.3, -0.25) is 4.40 Å². The predicted molar refractivity (Wildman–Crippen MR) is 69.4 cm³/mol. The molecule has 0 spiro atoms. The Bertz CT molecular complexity index is 641. The lowest BCUT2D eigenvalue weighted by molar-refractivity contribution is 1.05. The third kappa shape index (κ3) is 2.01. The summed E-state index contributed by atoms with van der Waals surface area (Å²) in [5.41, 5.74) is 0.949. The highest BCUT2D eigenvalue weighted by Gasteiger charge is 2.02. The maximum atomic E-state index is 4.33. The first-order valence-electron chi connectivity index (χ1n) is 5.40. The molecule has 1 N–H and O–H groups in total. The van der Waals surface area contributed by atoms with Crippen molar-refractivity contribution in [1.29, 1.82) is 0 Å². The van der Waals surface area contributed by atoms with E-state index in [1.54, 1.807) is 17.5 Å². The molecule has 0 saturated carbocycles. The molecule has 4 nitrogen and oxygen atoms in total. The van der Waals surface area contributed by atoms with Crippen LogP contribution in [0.25, 0.3) is 5.65 Å². The first kappa shape index (κ1) is 10.3. The van der Waals surface area contributed by atoms with Crippen LogP contribution in [-0.4, -0.2) is 14.4 Å². The molecular formula is C12H12N4S. The minimum absolute atomic E-state index is 0.746. The van der Waals surface area contributed by atoms with Gasteiger partial charge in [-0.2, -0.15) is 0 Å². The molecular weight excluding hydrogens is 232 g/mol. The molecule has 0 saturated heterocycles.